The fourth-order valence-electron chi connectivity index (χ4n) is 2.12. The Morgan fingerprint density at radius 2 is 1.62 bits per heavy atom. The molecule has 0 aromatic heterocycles. The van der Waals surface area contributed by atoms with Crippen LogP contribution in [0.4, 0.5) is 5.69 Å². The van der Waals surface area contributed by atoms with Crippen LogP contribution >= 0.6 is 11.6 Å². The average molecular weight is 378 g/mol. The molecule has 138 valence electrons. The SMILES string of the molecule is CCOc1ccc(C(=O)OCC(=O)Nc2ccc(Cl)cc2)cc1OCC. The molecular formula is C19H20ClNO5. The van der Waals surface area contributed by atoms with Gasteiger partial charge in [0.2, 0.25) is 0 Å². The van der Waals surface area contributed by atoms with Gasteiger partial charge < -0.3 is 19.5 Å². The molecule has 0 aliphatic heterocycles. The van der Waals surface area contributed by atoms with Crippen LogP contribution in [0.15, 0.2) is 42.5 Å². The molecule has 0 spiro atoms. The summed E-state index contributed by atoms with van der Waals surface area (Å²) in [5.74, 6) is -0.0716. The van der Waals surface area contributed by atoms with Gasteiger partial charge in [-0.25, -0.2) is 4.79 Å². The first-order valence-electron chi connectivity index (χ1n) is 8.15. The van der Waals surface area contributed by atoms with E-state index in [1.54, 1.807) is 36.4 Å². The van der Waals surface area contributed by atoms with E-state index in [1.807, 2.05) is 13.8 Å². The van der Waals surface area contributed by atoms with Crippen molar-refractivity contribution in [2.45, 2.75) is 13.8 Å². The Kier molecular flexibility index (Phi) is 7.29. The Bertz CT molecular complexity index is 761. The van der Waals surface area contributed by atoms with Gasteiger partial charge in [0.05, 0.1) is 18.8 Å². The van der Waals surface area contributed by atoms with Gasteiger partial charge in [-0.3, -0.25) is 4.79 Å². The highest BCUT2D eigenvalue weighted by Gasteiger charge is 2.14. The topological polar surface area (TPSA) is 73.9 Å². The van der Waals surface area contributed by atoms with Crippen LogP contribution in [0, 0.1) is 0 Å². The molecule has 7 heteroatoms. The fraction of sp³-hybridized carbons (Fsp3) is 0.263. The Labute approximate surface area is 157 Å². The minimum Gasteiger partial charge on any atom is -0.490 e. The van der Waals surface area contributed by atoms with E-state index in [0.717, 1.165) is 0 Å². The highest BCUT2D eigenvalue weighted by Crippen LogP contribution is 2.28. The summed E-state index contributed by atoms with van der Waals surface area (Å²) in [7, 11) is 0. The van der Waals surface area contributed by atoms with Gasteiger partial charge in [-0.1, -0.05) is 11.6 Å². The lowest BCUT2D eigenvalue weighted by Crippen LogP contribution is -2.21. The van der Waals surface area contributed by atoms with Crippen LogP contribution in [0.25, 0.3) is 0 Å². The van der Waals surface area contributed by atoms with Crippen LogP contribution in [0.5, 0.6) is 11.5 Å². The van der Waals surface area contributed by atoms with Gasteiger partial charge >= 0.3 is 5.97 Å². The molecular weight excluding hydrogens is 358 g/mol. The van der Waals surface area contributed by atoms with E-state index < -0.39 is 18.5 Å². The number of carbonyl (C=O) groups is 2. The van der Waals surface area contributed by atoms with Gasteiger partial charge in [-0.05, 0) is 56.3 Å². The lowest BCUT2D eigenvalue weighted by atomic mass is 10.2. The van der Waals surface area contributed by atoms with Gasteiger partial charge in [-0.2, -0.15) is 0 Å². The highest BCUT2D eigenvalue weighted by atomic mass is 35.5. The molecule has 0 bridgehead atoms. The summed E-state index contributed by atoms with van der Waals surface area (Å²) in [4.78, 5) is 24.0. The van der Waals surface area contributed by atoms with Crippen molar-refractivity contribution >= 4 is 29.2 Å². The predicted octanol–water partition coefficient (Wildman–Crippen LogP) is 3.93. The van der Waals surface area contributed by atoms with E-state index in [2.05, 4.69) is 5.32 Å². The van der Waals surface area contributed by atoms with Gasteiger partial charge in [-0.15, -0.1) is 0 Å². The smallest absolute Gasteiger partial charge is 0.338 e. The fourth-order valence-corrected chi connectivity index (χ4v) is 2.25. The summed E-state index contributed by atoms with van der Waals surface area (Å²) >= 11 is 5.78. The first-order chi connectivity index (χ1) is 12.5. The van der Waals surface area contributed by atoms with Gasteiger partial charge in [0, 0.05) is 10.7 Å². The lowest BCUT2D eigenvalue weighted by Gasteiger charge is -2.12. The number of esters is 1. The van der Waals surface area contributed by atoms with Crippen LogP contribution in [0.2, 0.25) is 5.02 Å². The molecule has 0 aliphatic rings. The van der Waals surface area contributed by atoms with E-state index in [1.165, 1.54) is 6.07 Å². The first-order valence-corrected chi connectivity index (χ1v) is 8.53. The molecule has 0 atom stereocenters. The number of rotatable bonds is 8. The molecule has 2 aromatic carbocycles. The Morgan fingerprint density at radius 3 is 2.27 bits per heavy atom. The highest BCUT2D eigenvalue weighted by molar-refractivity contribution is 6.30. The molecule has 1 amide bonds. The van der Waals surface area contributed by atoms with E-state index in [-0.39, 0.29) is 5.56 Å². The summed E-state index contributed by atoms with van der Waals surface area (Å²) < 4.78 is 16.0. The standard InChI is InChI=1S/C19H20ClNO5/c1-3-24-16-10-5-13(11-17(16)25-4-2)19(23)26-12-18(22)21-15-8-6-14(20)7-9-15/h5-11H,3-4,12H2,1-2H3,(H,21,22). The lowest BCUT2D eigenvalue weighted by molar-refractivity contribution is -0.119. The van der Waals surface area contributed by atoms with Crippen molar-refractivity contribution in [1.82, 2.24) is 0 Å². The summed E-state index contributed by atoms with van der Waals surface area (Å²) in [6, 6.07) is 11.3. The maximum atomic E-state index is 12.2. The molecule has 0 unspecified atom stereocenters. The second kappa shape index (κ2) is 9.68. The third-order valence-electron chi connectivity index (χ3n) is 3.24. The molecule has 0 heterocycles. The molecule has 0 aliphatic carbocycles. The van der Waals surface area contributed by atoms with Crippen molar-refractivity contribution in [2.24, 2.45) is 0 Å². The monoisotopic (exact) mass is 377 g/mol. The number of halogens is 1. The molecule has 26 heavy (non-hydrogen) atoms. The second-order valence-corrected chi connectivity index (χ2v) is 5.60. The van der Waals surface area contributed by atoms with E-state index in [0.29, 0.717) is 35.4 Å². The van der Waals surface area contributed by atoms with Gasteiger partial charge in [0.25, 0.3) is 5.91 Å². The van der Waals surface area contributed by atoms with Crippen molar-refractivity contribution in [3.8, 4) is 11.5 Å². The summed E-state index contributed by atoms with van der Waals surface area (Å²) in [6.45, 7) is 4.20. The van der Waals surface area contributed by atoms with Crippen LogP contribution in [-0.4, -0.2) is 31.7 Å². The van der Waals surface area contributed by atoms with Crippen LogP contribution in [-0.2, 0) is 9.53 Å². The minimum absolute atomic E-state index is 0.274. The van der Waals surface area contributed by atoms with Crippen molar-refractivity contribution < 1.29 is 23.8 Å². The van der Waals surface area contributed by atoms with Gasteiger partial charge in [0.1, 0.15) is 0 Å². The zero-order chi connectivity index (χ0) is 18.9. The van der Waals surface area contributed by atoms with Crippen LogP contribution in [0.3, 0.4) is 0 Å². The molecule has 0 saturated heterocycles. The molecule has 6 nitrogen and oxygen atoms in total. The number of carbonyl (C=O) groups excluding carboxylic acids is 2. The molecule has 0 fully saturated rings. The van der Waals surface area contributed by atoms with Gasteiger partial charge in [0.15, 0.2) is 18.1 Å². The number of ether oxygens (including phenoxy) is 3. The molecule has 0 saturated carbocycles. The number of hydrogen-bond acceptors (Lipinski definition) is 5. The molecule has 1 N–H and O–H groups in total. The largest absolute Gasteiger partial charge is 0.490 e. The Balaban J connectivity index is 1.95. The minimum atomic E-state index is -0.625. The normalized spacial score (nSPS) is 10.1. The van der Waals surface area contributed by atoms with E-state index in [9.17, 15) is 9.59 Å². The maximum absolute atomic E-state index is 12.2. The average Bonchev–Trinajstić information content (AvgIpc) is 2.63. The Hall–Kier alpha value is -2.73. The molecule has 2 rings (SSSR count). The Morgan fingerprint density at radius 1 is 0.962 bits per heavy atom. The summed E-state index contributed by atoms with van der Waals surface area (Å²) in [5.41, 5.74) is 0.839. The maximum Gasteiger partial charge on any atom is 0.338 e. The second-order valence-electron chi connectivity index (χ2n) is 5.16. The van der Waals surface area contributed by atoms with E-state index in [4.69, 9.17) is 25.8 Å². The third kappa shape index (κ3) is 5.67. The van der Waals surface area contributed by atoms with Crippen molar-refractivity contribution in [1.29, 1.82) is 0 Å². The predicted molar refractivity (Wildman–Crippen MR) is 99.1 cm³/mol. The zero-order valence-electron chi connectivity index (χ0n) is 14.6. The quantitative estimate of drug-likeness (QED) is 0.705. The summed E-state index contributed by atoms with van der Waals surface area (Å²) in [6.07, 6.45) is 0. The molecule has 2 aromatic rings. The van der Waals surface area contributed by atoms with Crippen molar-refractivity contribution in [3.63, 3.8) is 0 Å². The van der Waals surface area contributed by atoms with E-state index >= 15 is 0 Å². The first kappa shape index (κ1) is 19.6. The number of benzene rings is 2. The number of nitrogens with one attached hydrogen (secondary N) is 1. The van der Waals surface area contributed by atoms with Crippen molar-refractivity contribution in [3.05, 3.63) is 53.1 Å². The summed E-state index contributed by atoms with van der Waals surface area (Å²) in [5, 5.41) is 3.18. The molecule has 0 radical (unpaired) electrons. The van der Waals surface area contributed by atoms with Crippen molar-refractivity contribution in [2.75, 3.05) is 25.1 Å². The zero-order valence-corrected chi connectivity index (χ0v) is 15.3. The van der Waals surface area contributed by atoms with Crippen LogP contribution in [0.1, 0.15) is 24.2 Å². The number of amides is 1. The number of hydrogen-bond donors (Lipinski definition) is 1. The third-order valence-corrected chi connectivity index (χ3v) is 3.49. The van der Waals surface area contributed by atoms with Crippen LogP contribution < -0.4 is 14.8 Å². The number of anilines is 1.